The van der Waals surface area contributed by atoms with Crippen LogP contribution in [0.25, 0.3) is 0 Å². The van der Waals surface area contributed by atoms with E-state index in [-0.39, 0.29) is 0 Å². The SMILES string of the molecule is Cc1ccccc1Nc1cc(NCc2ccncc2)ncn1. The van der Waals surface area contributed by atoms with Crippen LogP contribution in [0.15, 0.2) is 61.2 Å². The monoisotopic (exact) mass is 291 g/mol. The molecule has 0 amide bonds. The van der Waals surface area contributed by atoms with E-state index in [1.54, 1.807) is 18.7 Å². The molecule has 0 fully saturated rings. The Bertz CT molecular complexity index is 743. The second-order valence-electron chi connectivity index (χ2n) is 4.94. The minimum Gasteiger partial charge on any atom is -0.366 e. The highest BCUT2D eigenvalue weighted by Crippen LogP contribution is 2.19. The van der Waals surface area contributed by atoms with Crippen molar-refractivity contribution in [2.45, 2.75) is 13.5 Å². The van der Waals surface area contributed by atoms with Crippen LogP contribution in [0.2, 0.25) is 0 Å². The Hall–Kier alpha value is -2.95. The maximum absolute atomic E-state index is 4.26. The Morgan fingerprint density at radius 1 is 0.955 bits per heavy atom. The number of rotatable bonds is 5. The van der Waals surface area contributed by atoms with Crippen LogP contribution in [0.3, 0.4) is 0 Å². The Labute approximate surface area is 129 Å². The van der Waals surface area contributed by atoms with Gasteiger partial charge < -0.3 is 10.6 Å². The van der Waals surface area contributed by atoms with Crippen LogP contribution in [0.5, 0.6) is 0 Å². The lowest BCUT2D eigenvalue weighted by molar-refractivity contribution is 1.07. The third-order valence-corrected chi connectivity index (χ3v) is 3.30. The van der Waals surface area contributed by atoms with E-state index < -0.39 is 0 Å². The second-order valence-corrected chi connectivity index (χ2v) is 4.94. The van der Waals surface area contributed by atoms with Gasteiger partial charge in [0.2, 0.25) is 0 Å². The molecule has 22 heavy (non-hydrogen) atoms. The van der Waals surface area contributed by atoms with Crippen molar-refractivity contribution in [2.24, 2.45) is 0 Å². The standard InChI is InChI=1S/C17H17N5/c1-13-4-2-3-5-15(13)22-17-10-16(20-12-21-17)19-11-14-6-8-18-9-7-14/h2-10,12H,11H2,1H3,(H2,19,20,21,22). The van der Waals surface area contributed by atoms with Crippen molar-refractivity contribution in [3.8, 4) is 0 Å². The summed E-state index contributed by atoms with van der Waals surface area (Å²) in [6.07, 6.45) is 5.11. The maximum Gasteiger partial charge on any atom is 0.135 e. The molecule has 3 rings (SSSR count). The molecule has 2 heterocycles. The average Bonchev–Trinajstić information content (AvgIpc) is 2.57. The number of nitrogens with one attached hydrogen (secondary N) is 2. The van der Waals surface area contributed by atoms with Gasteiger partial charge in [0.1, 0.15) is 18.0 Å². The van der Waals surface area contributed by atoms with E-state index in [0.717, 1.165) is 22.9 Å². The third kappa shape index (κ3) is 3.58. The Morgan fingerprint density at radius 3 is 2.55 bits per heavy atom. The summed E-state index contributed by atoms with van der Waals surface area (Å²) in [5.41, 5.74) is 3.37. The van der Waals surface area contributed by atoms with Gasteiger partial charge in [-0.25, -0.2) is 9.97 Å². The number of benzene rings is 1. The van der Waals surface area contributed by atoms with Crippen LogP contribution in [0.1, 0.15) is 11.1 Å². The van der Waals surface area contributed by atoms with E-state index in [4.69, 9.17) is 0 Å². The summed E-state index contributed by atoms with van der Waals surface area (Å²) < 4.78 is 0. The Kier molecular flexibility index (Phi) is 4.25. The fourth-order valence-electron chi connectivity index (χ4n) is 2.07. The highest BCUT2D eigenvalue weighted by atomic mass is 15.1. The number of anilines is 3. The predicted octanol–water partition coefficient (Wildman–Crippen LogP) is 3.54. The molecule has 2 N–H and O–H groups in total. The van der Waals surface area contributed by atoms with Crippen LogP contribution >= 0.6 is 0 Å². The first-order valence-corrected chi connectivity index (χ1v) is 7.09. The molecular formula is C17H17N5. The van der Waals surface area contributed by atoms with Crippen molar-refractivity contribution in [2.75, 3.05) is 10.6 Å². The summed E-state index contributed by atoms with van der Waals surface area (Å²) in [4.78, 5) is 12.5. The molecule has 0 unspecified atom stereocenters. The van der Waals surface area contributed by atoms with Gasteiger partial charge in [-0.1, -0.05) is 18.2 Å². The minimum atomic E-state index is 0.698. The summed E-state index contributed by atoms with van der Waals surface area (Å²) in [6.45, 7) is 2.76. The van der Waals surface area contributed by atoms with E-state index in [1.807, 2.05) is 36.4 Å². The highest BCUT2D eigenvalue weighted by molar-refractivity contribution is 5.61. The van der Waals surface area contributed by atoms with Crippen molar-refractivity contribution in [3.63, 3.8) is 0 Å². The van der Waals surface area contributed by atoms with Gasteiger partial charge in [-0.15, -0.1) is 0 Å². The third-order valence-electron chi connectivity index (χ3n) is 3.30. The quantitative estimate of drug-likeness (QED) is 0.753. The van der Waals surface area contributed by atoms with Crippen molar-refractivity contribution in [1.82, 2.24) is 15.0 Å². The molecule has 5 heteroatoms. The molecule has 2 aromatic heterocycles. The number of hydrogen-bond acceptors (Lipinski definition) is 5. The molecule has 0 aliphatic heterocycles. The fraction of sp³-hybridized carbons (Fsp3) is 0.118. The van der Waals surface area contributed by atoms with Crippen LogP contribution in [-0.2, 0) is 6.54 Å². The van der Waals surface area contributed by atoms with Crippen LogP contribution in [0, 0.1) is 6.92 Å². The number of pyridine rings is 1. The van der Waals surface area contributed by atoms with Gasteiger partial charge in [-0.2, -0.15) is 0 Å². The van der Waals surface area contributed by atoms with E-state index in [2.05, 4.69) is 38.6 Å². The number of nitrogens with zero attached hydrogens (tertiary/aromatic N) is 3. The smallest absolute Gasteiger partial charge is 0.135 e. The molecule has 0 saturated carbocycles. The highest BCUT2D eigenvalue weighted by Gasteiger charge is 2.01. The molecule has 0 spiro atoms. The van der Waals surface area contributed by atoms with Gasteiger partial charge in [0.05, 0.1) is 0 Å². The molecule has 0 aliphatic rings. The molecule has 5 nitrogen and oxygen atoms in total. The van der Waals surface area contributed by atoms with Gasteiger partial charge >= 0.3 is 0 Å². The van der Waals surface area contributed by atoms with E-state index in [0.29, 0.717) is 6.54 Å². The average molecular weight is 291 g/mol. The molecule has 3 aromatic rings. The zero-order chi connectivity index (χ0) is 15.2. The van der Waals surface area contributed by atoms with Crippen LogP contribution in [0.4, 0.5) is 17.3 Å². The molecule has 110 valence electrons. The first kappa shape index (κ1) is 14.0. The predicted molar refractivity (Wildman–Crippen MR) is 88.1 cm³/mol. The van der Waals surface area contributed by atoms with Gasteiger partial charge in [0, 0.05) is 30.7 Å². The zero-order valence-corrected chi connectivity index (χ0v) is 12.3. The van der Waals surface area contributed by atoms with E-state index in [9.17, 15) is 0 Å². The lowest BCUT2D eigenvalue weighted by Crippen LogP contribution is -2.03. The minimum absolute atomic E-state index is 0.698. The van der Waals surface area contributed by atoms with Crippen molar-refractivity contribution >= 4 is 17.3 Å². The van der Waals surface area contributed by atoms with E-state index >= 15 is 0 Å². The Morgan fingerprint density at radius 2 is 1.73 bits per heavy atom. The first-order chi connectivity index (χ1) is 10.8. The summed E-state index contributed by atoms with van der Waals surface area (Å²) in [6, 6.07) is 13.9. The summed E-state index contributed by atoms with van der Waals surface area (Å²) >= 11 is 0. The summed E-state index contributed by atoms with van der Waals surface area (Å²) in [5, 5.41) is 6.59. The fourth-order valence-corrected chi connectivity index (χ4v) is 2.07. The summed E-state index contributed by atoms with van der Waals surface area (Å²) in [7, 11) is 0. The largest absolute Gasteiger partial charge is 0.366 e. The van der Waals surface area contributed by atoms with Gasteiger partial charge in [-0.05, 0) is 36.2 Å². The zero-order valence-electron chi connectivity index (χ0n) is 12.3. The molecule has 0 radical (unpaired) electrons. The van der Waals surface area contributed by atoms with Gasteiger partial charge in [0.15, 0.2) is 0 Å². The molecule has 0 atom stereocenters. The molecular weight excluding hydrogens is 274 g/mol. The number of para-hydroxylation sites is 1. The van der Waals surface area contributed by atoms with Crippen molar-refractivity contribution in [3.05, 3.63) is 72.3 Å². The van der Waals surface area contributed by atoms with Crippen LogP contribution in [-0.4, -0.2) is 15.0 Å². The molecule has 0 bridgehead atoms. The molecule has 0 aliphatic carbocycles. The normalized spacial score (nSPS) is 10.2. The summed E-state index contributed by atoms with van der Waals surface area (Å²) in [5.74, 6) is 1.55. The molecule has 0 saturated heterocycles. The second kappa shape index (κ2) is 6.67. The lowest BCUT2D eigenvalue weighted by Gasteiger charge is -2.10. The van der Waals surface area contributed by atoms with E-state index in [1.165, 1.54) is 5.56 Å². The number of aromatic nitrogens is 3. The maximum atomic E-state index is 4.26. The lowest BCUT2D eigenvalue weighted by atomic mass is 10.2. The first-order valence-electron chi connectivity index (χ1n) is 7.09. The van der Waals surface area contributed by atoms with Crippen LogP contribution < -0.4 is 10.6 Å². The number of aryl methyl sites for hydroxylation is 1. The molecule has 1 aromatic carbocycles. The van der Waals surface area contributed by atoms with Gasteiger partial charge in [0.25, 0.3) is 0 Å². The Balaban J connectivity index is 1.69. The van der Waals surface area contributed by atoms with Gasteiger partial charge in [-0.3, -0.25) is 4.98 Å². The number of hydrogen-bond donors (Lipinski definition) is 2. The van der Waals surface area contributed by atoms with Crippen molar-refractivity contribution < 1.29 is 0 Å². The van der Waals surface area contributed by atoms with Crippen molar-refractivity contribution in [1.29, 1.82) is 0 Å². The topological polar surface area (TPSA) is 62.7 Å².